The van der Waals surface area contributed by atoms with Gasteiger partial charge in [0.1, 0.15) is 5.82 Å². The summed E-state index contributed by atoms with van der Waals surface area (Å²) < 4.78 is 0. The Bertz CT molecular complexity index is 464. The molecule has 0 bridgehead atoms. The van der Waals surface area contributed by atoms with Crippen LogP contribution in [0.5, 0.6) is 0 Å². The van der Waals surface area contributed by atoms with E-state index < -0.39 is 0 Å². The Morgan fingerprint density at radius 1 is 1.50 bits per heavy atom. The largest absolute Gasteiger partial charge is 0.370 e. The number of anilines is 1. The van der Waals surface area contributed by atoms with Crippen LogP contribution in [-0.2, 0) is 0 Å². The number of carbonyl (C=O) groups is 1. The molecule has 0 aliphatic rings. The number of nitrogens with zero attached hydrogens (tertiary/aromatic N) is 3. The summed E-state index contributed by atoms with van der Waals surface area (Å²) in [4.78, 5) is 18.2. The zero-order valence-electron chi connectivity index (χ0n) is 12.4. The van der Waals surface area contributed by atoms with E-state index in [4.69, 9.17) is 5.26 Å². The highest BCUT2D eigenvalue weighted by Crippen LogP contribution is 2.09. The molecule has 1 rings (SSSR count). The molecule has 1 amide bonds. The Hall–Kier alpha value is -2.09. The van der Waals surface area contributed by atoms with Crippen LogP contribution in [-0.4, -0.2) is 35.4 Å². The number of hydrogen-bond acceptors (Lipinski definition) is 4. The molecule has 1 heterocycles. The summed E-state index contributed by atoms with van der Waals surface area (Å²) in [6, 6.07) is 5.73. The molecule has 1 N–H and O–H groups in total. The predicted octanol–water partition coefficient (Wildman–Crippen LogP) is 2.53. The lowest BCUT2D eigenvalue weighted by Crippen LogP contribution is -2.34. The van der Waals surface area contributed by atoms with Gasteiger partial charge in [-0.2, -0.15) is 5.26 Å². The van der Waals surface area contributed by atoms with E-state index in [0.29, 0.717) is 18.7 Å². The van der Waals surface area contributed by atoms with Gasteiger partial charge < -0.3 is 10.2 Å². The van der Waals surface area contributed by atoms with Crippen LogP contribution >= 0.6 is 0 Å². The Morgan fingerprint density at radius 2 is 2.25 bits per heavy atom. The van der Waals surface area contributed by atoms with Gasteiger partial charge in [0, 0.05) is 25.8 Å². The number of amides is 1. The smallest absolute Gasteiger partial charge is 0.255 e. The summed E-state index contributed by atoms with van der Waals surface area (Å²) >= 11 is 0. The van der Waals surface area contributed by atoms with Crippen LogP contribution in [0.2, 0.25) is 0 Å². The van der Waals surface area contributed by atoms with Crippen LogP contribution in [0.4, 0.5) is 5.82 Å². The number of nitriles is 1. The van der Waals surface area contributed by atoms with E-state index >= 15 is 0 Å². The molecule has 20 heavy (non-hydrogen) atoms. The maximum Gasteiger partial charge on any atom is 0.255 e. The highest BCUT2D eigenvalue weighted by molar-refractivity contribution is 5.94. The SMILES string of the molecule is CCCNc1ccc(C(=O)N(CC)CC(C)C#N)cn1. The first-order chi connectivity index (χ1) is 9.62. The third-order valence-electron chi connectivity index (χ3n) is 2.95. The van der Waals surface area contributed by atoms with Crippen LogP contribution in [0.1, 0.15) is 37.6 Å². The van der Waals surface area contributed by atoms with Gasteiger partial charge in [-0.15, -0.1) is 0 Å². The third kappa shape index (κ3) is 4.54. The van der Waals surface area contributed by atoms with Crippen molar-refractivity contribution in [3.8, 4) is 6.07 Å². The summed E-state index contributed by atoms with van der Waals surface area (Å²) in [7, 11) is 0. The van der Waals surface area contributed by atoms with Gasteiger partial charge >= 0.3 is 0 Å². The van der Waals surface area contributed by atoms with Crippen molar-refractivity contribution in [2.75, 3.05) is 25.0 Å². The van der Waals surface area contributed by atoms with Crippen LogP contribution in [0.3, 0.4) is 0 Å². The molecule has 1 atom stereocenters. The minimum absolute atomic E-state index is 0.0795. The van der Waals surface area contributed by atoms with Crippen molar-refractivity contribution in [1.29, 1.82) is 5.26 Å². The van der Waals surface area contributed by atoms with Crippen molar-refractivity contribution in [2.24, 2.45) is 5.92 Å². The molecular formula is C15H22N4O. The molecule has 108 valence electrons. The second kappa shape index (κ2) is 8.16. The fraction of sp³-hybridized carbons (Fsp3) is 0.533. The summed E-state index contributed by atoms with van der Waals surface area (Å²) in [6.07, 6.45) is 2.61. The second-order valence-electron chi connectivity index (χ2n) is 4.73. The van der Waals surface area contributed by atoms with Crippen LogP contribution in [0, 0.1) is 17.2 Å². The van der Waals surface area contributed by atoms with E-state index in [0.717, 1.165) is 18.8 Å². The molecule has 5 heteroatoms. The maximum atomic E-state index is 12.3. The van der Waals surface area contributed by atoms with E-state index in [9.17, 15) is 4.79 Å². The molecule has 1 aromatic heterocycles. The molecule has 0 saturated heterocycles. The first kappa shape index (κ1) is 16.0. The Morgan fingerprint density at radius 3 is 2.75 bits per heavy atom. The number of pyridine rings is 1. The number of aromatic nitrogens is 1. The highest BCUT2D eigenvalue weighted by Gasteiger charge is 2.16. The van der Waals surface area contributed by atoms with Crippen molar-refractivity contribution in [1.82, 2.24) is 9.88 Å². The minimum Gasteiger partial charge on any atom is -0.370 e. The molecule has 1 aromatic rings. The van der Waals surface area contributed by atoms with Gasteiger partial charge in [0.2, 0.25) is 0 Å². The molecule has 0 radical (unpaired) electrons. The van der Waals surface area contributed by atoms with Crippen molar-refractivity contribution in [3.05, 3.63) is 23.9 Å². The van der Waals surface area contributed by atoms with Gasteiger partial charge in [0.05, 0.1) is 17.6 Å². The van der Waals surface area contributed by atoms with Crippen molar-refractivity contribution >= 4 is 11.7 Å². The molecule has 5 nitrogen and oxygen atoms in total. The van der Waals surface area contributed by atoms with Gasteiger partial charge in [-0.3, -0.25) is 4.79 Å². The Balaban J connectivity index is 2.72. The number of carbonyl (C=O) groups excluding carboxylic acids is 1. The number of rotatable bonds is 7. The highest BCUT2D eigenvalue weighted by atomic mass is 16.2. The number of nitrogens with one attached hydrogen (secondary N) is 1. The Kier molecular flexibility index (Phi) is 6.51. The molecule has 0 saturated carbocycles. The van der Waals surface area contributed by atoms with Gasteiger partial charge in [0.25, 0.3) is 5.91 Å². The van der Waals surface area contributed by atoms with Gasteiger partial charge in [-0.05, 0) is 32.4 Å². The minimum atomic E-state index is -0.169. The van der Waals surface area contributed by atoms with Crippen molar-refractivity contribution in [3.63, 3.8) is 0 Å². The monoisotopic (exact) mass is 274 g/mol. The molecule has 0 aliphatic heterocycles. The van der Waals surface area contributed by atoms with Gasteiger partial charge in [-0.1, -0.05) is 6.92 Å². The average molecular weight is 274 g/mol. The van der Waals surface area contributed by atoms with E-state index in [2.05, 4.69) is 23.3 Å². The second-order valence-corrected chi connectivity index (χ2v) is 4.73. The summed E-state index contributed by atoms with van der Waals surface area (Å²) in [5.41, 5.74) is 0.555. The van der Waals surface area contributed by atoms with Gasteiger partial charge in [0.15, 0.2) is 0 Å². The standard InChI is InChI=1S/C15H22N4O/c1-4-8-17-14-7-6-13(10-18-14)15(20)19(5-2)11-12(3)9-16/h6-7,10,12H,4-5,8,11H2,1-3H3,(H,17,18). The third-order valence-corrected chi connectivity index (χ3v) is 2.95. The maximum absolute atomic E-state index is 12.3. The lowest BCUT2D eigenvalue weighted by atomic mass is 10.1. The summed E-state index contributed by atoms with van der Waals surface area (Å²) in [5.74, 6) is 0.526. The predicted molar refractivity (Wildman–Crippen MR) is 79.4 cm³/mol. The average Bonchev–Trinajstić information content (AvgIpc) is 2.50. The van der Waals surface area contributed by atoms with E-state index in [1.54, 1.807) is 17.2 Å². The molecular weight excluding hydrogens is 252 g/mol. The summed E-state index contributed by atoms with van der Waals surface area (Å²) in [5, 5.41) is 12.0. The number of hydrogen-bond donors (Lipinski definition) is 1. The molecule has 0 fully saturated rings. The molecule has 1 unspecified atom stereocenters. The molecule has 0 spiro atoms. The van der Waals surface area contributed by atoms with E-state index in [1.807, 2.05) is 19.9 Å². The molecule has 0 aliphatic carbocycles. The zero-order valence-corrected chi connectivity index (χ0v) is 12.4. The quantitative estimate of drug-likeness (QED) is 0.829. The van der Waals surface area contributed by atoms with E-state index in [-0.39, 0.29) is 11.8 Å². The van der Waals surface area contributed by atoms with Crippen LogP contribution in [0.25, 0.3) is 0 Å². The lowest BCUT2D eigenvalue weighted by molar-refractivity contribution is 0.0752. The van der Waals surface area contributed by atoms with E-state index in [1.165, 1.54) is 0 Å². The zero-order chi connectivity index (χ0) is 15.0. The van der Waals surface area contributed by atoms with Crippen LogP contribution in [0.15, 0.2) is 18.3 Å². The molecule has 0 aromatic carbocycles. The van der Waals surface area contributed by atoms with Crippen molar-refractivity contribution < 1.29 is 4.79 Å². The van der Waals surface area contributed by atoms with Crippen LogP contribution < -0.4 is 5.32 Å². The van der Waals surface area contributed by atoms with Crippen molar-refractivity contribution in [2.45, 2.75) is 27.2 Å². The fourth-order valence-corrected chi connectivity index (χ4v) is 1.79. The normalized spacial score (nSPS) is 11.5. The first-order valence-electron chi connectivity index (χ1n) is 7.01. The topological polar surface area (TPSA) is 69.0 Å². The lowest BCUT2D eigenvalue weighted by Gasteiger charge is -2.21. The Labute approximate surface area is 120 Å². The van der Waals surface area contributed by atoms with Gasteiger partial charge in [-0.25, -0.2) is 4.98 Å². The summed E-state index contributed by atoms with van der Waals surface area (Å²) in [6.45, 7) is 7.70. The fourth-order valence-electron chi connectivity index (χ4n) is 1.79. The first-order valence-corrected chi connectivity index (χ1v) is 7.01.